The highest BCUT2D eigenvalue weighted by Crippen LogP contribution is 2.19. The minimum atomic E-state index is -1.64. The van der Waals surface area contributed by atoms with Crippen LogP contribution in [0.25, 0.3) is 0 Å². The molecule has 0 aliphatic carbocycles. The topological polar surface area (TPSA) is 111 Å². The molecule has 89 heavy (non-hydrogen) atoms. The standard InChI is InChI=1S/C80H143NO8/c1-6-8-10-12-14-16-18-20-22-24-26-28-30-31-32-33-34-35-36-37-38-39-40-41-42-43-44-45-46-47-49-50-52-54-56-58-60-62-64-66-68-70-77(82)87-74-76(75-88-80(79(84)85)86-73-72-81(3,4)5)89-78(83)71-69-67-65-63-61-59-57-55-53-51-48-29-27-25-23-21-19-17-15-13-11-9-7-2/h9,11,15,17,21,23,27,29,51,53,57,59,63,65,76,80H,6-8,10,12-14,16,18-20,22,24-26,28,30-50,52,54-56,58,60-62,64,66-75H2,1-5H3/b11-9-,17-15-,23-21-,29-27-,53-51-,59-57-,65-63-. The number of quaternary nitrogens is 1. The highest BCUT2D eigenvalue weighted by Gasteiger charge is 2.22. The van der Waals surface area contributed by atoms with Crippen molar-refractivity contribution in [1.29, 1.82) is 0 Å². The van der Waals surface area contributed by atoms with Gasteiger partial charge in [-0.05, 0) is 64.2 Å². The maximum atomic E-state index is 12.9. The van der Waals surface area contributed by atoms with E-state index in [2.05, 4.69) is 98.9 Å². The number of carboxylic acid groups (broad SMARTS) is 1. The Balaban J connectivity index is 4.00. The summed E-state index contributed by atoms with van der Waals surface area (Å²) in [5.74, 6) is -2.36. The lowest BCUT2D eigenvalue weighted by Gasteiger charge is -2.26. The molecule has 0 saturated heterocycles. The predicted molar refractivity (Wildman–Crippen MR) is 380 cm³/mol. The summed E-state index contributed by atoms with van der Waals surface area (Å²) in [6.07, 6.45) is 93.0. The highest BCUT2D eigenvalue weighted by atomic mass is 16.7. The molecule has 2 unspecified atom stereocenters. The average Bonchev–Trinajstić information content (AvgIpc) is 3.64. The molecule has 0 radical (unpaired) electrons. The zero-order chi connectivity index (χ0) is 64.7. The van der Waals surface area contributed by atoms with Gasteiger partial charge in [0.25, 0.3) is 0 Å². The second-order valence-electron chi connectivity index (χ2n) is 26.6. The molecule has 0 aromatic rings. The fourth-order valence-corrected chi connectivity index (χ4v) is 10.9. The van der Waals surface area contributed by atoms with Crippen molar-refractivity contribution in [1.82, 2.24) is 0 Å². The van der Waals surface area contributed by atoms with Gasteiger partial charge >= 0.3 is 11.9 Å². The number of allylic oxidation sites excluding steroid dienone is 14. The van der Waals surface area contributed by atoms with Crippen LogP contribution in [-0.2, 0) is 33.3 Å². The number of carbonyl (C=O) groups is 3. The number of carboxylic acids is 1. The van der Waals surface area contributed by atoms with Crippen LogP contribution >= 0.6 is 0 Å². The molecule has 0 fully saturated rings. The second-order valence-corrected chi connectivity index (χ2v) is 26.6. The summed E-state index contributed by atoms with van der Waals surface area (Å²) in [6.45, 7) is 4.60. The van der Waals surface area contributed by atoms with Gasteiger partial charge < -0.3 is 33.3 Å². The fraction of sp³-hybridized carbons (Fsp3) is 0.787. The molecule has 0 aromatic heterocycles. The van der Waals surface area contributed by atoms with E-state index in [0.717, 1.165) is 64.2 Å². The molecule has 0 amide bonds. The largest absolute Gasteiger partial charge is 0.545 e. The fourth-order valence-electron chi connectivity index (χ4n) is 10.9. The Kier molecular flexibility index (Phi) is 67.6. The Morgan fingerprint density at radius 3 is 0.944 bits per heavy atom. The second kappa shape index (κ2) is 70.3. The normalized spacial score (nSPS) is 13.1. The van der Waals surface area contributed by atoms with Gasteiger partial charge in [0.2, 0.25) is 0 Å². The first-order chi connectivity index (χ1) is 43.6. The predicted octanol–water partition coefficient (Wildman–Crippen LogP) is 22.5. The third-order valence-corrected chi connectivity index (χ3v) is 16.7. The van der Waals surface area contributed by atoms with Crippen molar-refractivity contribution < 1.29 is 42.9 Å². The number of hydrogen-bond acceptors (Lipinski definition) is 8. The number of nitrogens with zero attached hydrogens (tertiary/aromatic N) is 1. The summed E-state index contributed by atoms with van der Waals surface area (Å²) in [6, 6.07) is 0. The van der Waals surface area contributed by atoms with E-state index in [1.165, 1.54) is 244 Å². The van der Waals surface area contributed by atoms with Crippen LogP contribution < -0.4 is 5.11 Å². The van der Waals surface area contributed by atoms with E-state index >= 15 is 0 Å². The summed E-state index contributed by atoms with van der Waals surface area (Å²) in [5, 5.41) is 11.8. The lowest BCUT2D eigenvalue weighted by Crippen LogP contribution is -2.44. The van der Waals surface area contributed by atoms with Crippen LogP contribution in [-0.4, -0.2) is 82.3 Å². The van der Waals surface area contributed by atoms with Gasteiger partial charge in [-0.3, -0.25) is 9.59 Å². The minimum Gasteiger partial charge on any atom is -0.545 e. The minimum absolute atomic E-state index is 0.134. The first-order valence-corrected chi connectivity index (χ1v) is 37.7. The third-order valence-electron chi connectivity index (χ3n) is 16.7. The van der Waals surface area contributed by atoms with Crippen LogP contribution in [0.3, 0.4) is 0 Å². The quantitative estimate of drug-likeness (QED) is 0.0195. The molecular weight excluding hydrogens is 1100 g/mol. The lowest BCUT2D eigenvalue weighted by atomic mass is 10.0. The summed E-state index contributed by atoms with van der Waals surface area (Å²) < 4.78 is 22.7. The van der Waals surface area contributed by atoms with Crippen LogP contribution in [0.1, 0.15) is 348 Å². The average molecular weight is 1250 g/mol. The van der Waals surface area contributed by atoms with Crippen molar-refractivity contribution in [3.8, 4) is 0 Å². The Hall–Kier alpha value is -3.53. The summed E-state index contributed by atoms with van der Waals surface area (Å²) in [7, 11) is 5.91. The van der Waals surface area contributed by atoms with E-state index in [1.807, 2.05) is 21.1 Å². The van der Waals surface area contributed by atoms with Gasteiger partial charge in [-0.15, -0.1) is 0 Å². The summed E-state index contributed by atoms with van der Waals surface area (Å²) >= 11 is 0. The monoisotopic (exact) mass is 1250 g/mol. The van der Waals surface area contributed by atoms with E-state index in [0.29, 0.717) is 23.9 Å². The molecule has 0 rings (SSSR count). The van der Waals surface area contributed by atoms with Crippen molar-refractivity contribution >= 4 is 17.9 Å². The first-order valence-electron chi connectivity index (χ1n) is 37.7. The van der Waals surface area contributed by atoms with Gasteiger partial charge in [0.05, 0.1) is 40.3 Å². The molecule has 2 atom stereocenters. The van der Waals surface area contributed by atoms with Crippen LogP contribution in [0.5, 0.6) is 0 Å². The molecule has 0 spiro atoms. The number of likely N-dealkylation sites (N-methyl/N-ethyl adjacent to an activating group) is 1. The Labute approximate surface area is 550 Å². The Morgan fingerprint density at radius 1 is 0.348 bits per heavy atom. The molecular formula is C80H143NO8. The number of hydrogen-bond donors (Lipinski definition) is 0. The van der Waals surface area contributed by atoms with Crippen LogP contribution in [0.4, 0.5) is 0 Å². The van der Waals surface area contributed by atoms with Crippen LogP contribution in [0, 0.1) is 0 Å². The summed E-state index contributed by atoms with van der Waals surface area (Å²) in [5.41, 5.74) is 0. The highest BCUT2D eigenvalue weighted by molar-refractivity contribution is 5.70. The molecule has 0 aromatic carbocycles. The molecule has 9 heteroatoms. The third kappa shape index (κ3) is 71.8. The number of aliphatic carboxylic acids is 1. The van der Waals surface area contributed by atoms with Gasteiger partial charge in [0.15, 0.2) is 12.4 Å². The van der Waals surface area contributed by atoms with Gasteiger partial charge in [-0.25, -0.2) is 0 Å². The summed E-state index contributed by atoms with van der Waals surface area (Å²) in [4.78, 5) is 37.4. The molecule has 9 nitrogen and oxygen atoms in total. The van der Waals surface area contributed by atoms with Crippen LogP contribution in [0.2, 0.25) is 0 Å². The molecule has 0 N–H and O–H groups in total. The number of rotatable bonds is 70. The van der Waals surface area contributed by atoms with E-state index in [1.54, 1.807) is 0 Å². The van der Waals surface area contributed by atoms with Crippen molar-refractivity contribution in [2.45, 2.75) is 360 Å². The maximum absolute atomic E-state index is 12.9. The van der Waals surface area contributed by atoms with Gasteiger partial charge in [-0.2, -0.15) is 0 Å². The lowest BCUT2D eigenvalue weighted by molar-refractivity contribution is -0.870. The van der Waals surface area contributed by atoms with Crippen molar-refractivity contribution in [2.75, 3.05) is 47.5 Å². The maximum Gasteiger partial charge on any atom is 0.306 e. The van der Waals surface area contributed by atoms with Crippen molar-refractivity contribution in [3.63, 3.8) is 0 Å². The van der Waals surface area contributed by atoms with Gasteiger partial charge in [0.1, 0.15) is 13.2 Å². The van der Waals surface area contributed by atoms with Crippen molar-refractivity contribution in [2.24, 2.45) is 0 Å². The SMILES string of the molecule is CC/C=C\C/C=C\C/C=C\C/C=C\C/C=C\C/C=C\C/C=C\CCCC(=O)OC(COC(=O)CCCCCCCCCCCCCCCCCCCCCCCCCCCCCCCCCCCCCCCCCCC)COC(OCC[N+](C)(C)C)C(=O)[O-]. The zero-order valence-electron chi connectivity index (χ0n) is 59.0. The molecule has 0 aliphatic rings. The van der Waals surface area contributed by atoms with Gasteiger partial charge in [-0.1, -0.05) is 356 Å². The smallest absolute Gasteiger partial charge is 0.306 e. The van der Waals surface area contributed by atoms with E-state index in [-0.39, 0.29) is 38.6 Å². The zero-order valence-corrected chi connectivity index (χ0v) is 59.0. The molecule has 0 saturated carbocycles. The van der Waals surface area contributed by atoms with E-state index in [9.17, 15) is 19.5 Å². The van der Waals surface area contributed by atoms with Crippen LogP contribution in [0.15, 0.2) is 85.1 Å². The van der Waals surface area contributed by atoms with Crippen molar-refractivity contribution in [3.05, 3.63) is 85.1 Å². The van der Waals surface area contributed by atoms with E-state index in [4.69, 9.17) is 18.9 Å². The Bertz CT molecular complexity index is 1740. The number of carbonyl (C=O) groups excluding carboxylic acids is 3. The van der Waals surface area contributed by atoms with Gasteiger partial charge in [0, 0.05) is 12.8 Å². The molecule has 516 valence electrons. The number of esters is 2. The molecule has 0 aliphatic heterocycles. The first kappa shape index (κ1) is 85.5. The van der Waals surface area contributed by atoms with E-state index < -0.39 is 24.3 Å². The Morgan fingerprint density at radius 2 is 0.640 bits per heavy atom. The number of ether oxygens (including phenoxy) is 4. The molecule has 0 bridgehead atoms. The number of unbranched alkanes of at least 4 members (excludes halogenated alkanes) is 41. The molecule has 0 heterocycles.